The molecule has 1 aliphatic rings. The first-order valence-corrected chi connectivity index (χ1v) is 9.28. The number of fused-ring (bicyclic) bond motifs is 1. The van der Waals surface area contributed by atoms with Gasteiger partial charge in [0.1, 0.15) is 0 Å². The summed E-state index contributed by atoms with van der Waals surface area (Å²) >= 11 is 0. The summed E-state index contributed by atoms with van der Waals surface area (Å²) in [6.07, 6.45) is 4.95. The van der Waals surface area contributed by atoms with Gasteiger partial charge < -0.3 is 10.2 Å². The fourth-order valence-electron chi connectivity index (χ4n) is 3.51. The molecular formula is C21H22N4O2. The van der Waals surface area contributed by atoms with Crippen LogP contribution in [0.2, 0.25) is 0 Å². The standard InChI is InChI=1S/C21H22N4O2/c1-15-8-7-9-16(14-15)22-20(26)18-17-10-3-6-13-25(17)19(23-18)21(27)24-11-4-2-5-12-24/h3,6-10,13-14H,2,4-5,11-12H2,1H3,(H,22,26). The fourth-order valence-corrected chi connectivity index (χ4v) is 3.51. The van der Waals surface area contributed by atoms with Crippen molar-refractivity contribution >= 4 is 23.0 Å². The summed E-state index contributed by atoms with van der Waals surface area (Å²) in [5.41, 5.74) is 2.66. The van der Waals surface area contributed by atoms with Crippen LogP contribution in [0, 0.1) is 6.92 Å². The molecule has 138 valence electrons. The monoisotopic (exact) mass is 362 g/mol. The Hall–Kier alpha value is -3.15. The number of hydrogen-bond acceptors (Lipinski definition) is 3. The van der Waals surface area contributed by atoms with Crippen molar-refractivity contribution in [3.8, 4) is 0 Å². The summed E-state index contributed by atoms with van der Waals surface area (Å²) in [5.74, 6) is -0.144. The predicted octanol–water partition coefficient (Wildman–Crippen LogP) is 3.52. The summed E-state index contributed by atoms with van der Waals surface area (Å²) < 4.78 is 1.71. The smallest absolute Gasteiger partial charge is 0.290 e. The van der Waals surface area contributed by atoms with E-state index >= 15 is 0 Å². The van der Waals surface area contributed by atoms with Gasteiger partial charge in [-0.1, -0.05) is 18.2 Å². The number of nitrogens with one attached hydrogen (secondary N) is 1. The molecule has 27 heavy (non-hydrogen) atoms. The molecule has 0 unspecified atom stereocenters. The first-order valence-electron chi connectivity index (χ1n) is 9.28. The van der Waals surface area contributed by atoms with Gasteiger partial charge in [0, 0.05) is 25.0 Å². The van der Waals surface area contributed by atoms with E-state index in [9.17, 15) is 9.59 Å². The molecule has 3 heterocycles. The predicted molar refractivity (Wildman–Crippen MR) is 104 cm³/mol. The SMILES string of the molecule is Cc1cccc(NC(=O)c2nc(C(=O)N3CCCCC3)n3ccccc23)c1. The van der Waals surface area contributed by atoms with Gasteiger partial charge in [0.2, 0.25) is 5.82 Å². The van der Waals surface area contributed by atoms with Gasteiger partial charge >= 0.3 is 0 Å². The third kappa shape index (κ3) is 3.43. The lowest BCUT2D eigenvalue weighted by molar-refractivity contribution is 0.0711. The van der Waals surface area contributed by atoms with Crippen molar-refractivity contribution in [2.24, 2.45) is 0 Å². The number of carbonyl (C=O) groups is 2. The van der Waals surface area contributed by atoms with Gasteiger partial charge in [-0.2, -0.15) is 0 Å². The molecule has 1 saturated heterocycles. The van der Waals surface area contributed by atoms with Crippen molar-refractivity contribution in [1.82, 2.24) is 14.3 Å². The van der Waals surface area contributed by atoms with Gasteiger partial charge in [-0.3, -0.25) is 14.0 Å². The molecule has 0 atom stereocenters. The number of aromatic nitrogens is 2. The number of rotatable bonds is 3. The molecule has 0 aliphatic carbocycles. The molecular weight excluding hydrogens is 340 g/mol. The topological polar surface area (TPSA) is 66.7 Å². The van der Waals surface area contributed by atoms with Gasteiger partial charge in [-0.05, 0) is 56.0 Å². The third-order valence-corrected chi connectivity index (χ3v) is 4.87. The minimum atomic E-state index is -0.318. The Bertz CT molecular complexity index is 1000. The van der Waals surface area contributed by atoms with E-state index in [1.807, 2.05) is 54.3 Å². The van der Waals surface area contributed by atoms with Crippen molar-refractivity contribution in [1.29, 1.82) is 0 Å². The number of aryl methyl sites for hydroxylation is 1. The number of pyridine rings is 1. The molecule has 0 bridgehead atoms. The molecule has 0 saturated carbocycles. The zero-order valence-electron chi connectivity index (χ0n) is 15.3. The number of anilines is 1. The quantitative estimate of drug-likeness (QED) is 0.775. The van der Waals surface area contributed by atoms with Crippen LogP contribution in [0.3, 0.4) is 0 Å². The largest absolute Gasteiger partial charge is 0.336 e. The van der Waals surface area contributed by atoms with E-state index in [4.69, 9.17) is 0 Å². The van der Waals surface area contributed by atoms with Crippen LogP contribution in [-0.2, 0) is 0 Å². The van der Waals surface area contributed by atoms with Gasteiger partial charge in [0.25, 0.3) is 11.8 Å². The number of carbonyl (C=O) groups excluding carboxylic acids is 2. The average Bonchev–Trinajstić information content (AvgIpc) is 3.08. The second kappa shape index (κ2) is 7.23. The van der Waals surface area contributed by atoms with Crippen molar-refractivity contribution < 1.29 is 9.59 Å². The lowest BCUT2D eigenvalue weighted by Gasteiger charge is -2.25. The van der Waals surface area contributed by atoms with Crippen LogP contribution in [0.5, 0.6) is 0 Å². The molecule has 0 spiro atoms. The summed E-state index contributed by atoms with van der Waals surface area (Å²) in [6, 6.07) is 13.1. The van der Waals surface area contributed by atoms with E-state index in [-0.39, 0.29) is 17.5 Å². The zero-order chi connectivity index (χ0) is 18.8. The second-order valence-corrected chi connectivity index (χ2v) is 6.92. The van der Waals surface area contributed by atoms with Gasteiger partial charge in [0.05, 0.1) is 5.52 Å². The van der Waals surface area contributed by atoms with Crippen LogP contribution in [-0.4, -0.2) is 39.2 Å². The molecule has 1 aliphatic heterocycles. The summed E-state index contributed by atoms with van der Waals surface area (Å²) in [6.45, 7) is 3.45. The van der Waals surface area contributed by atoms with Gasteiger partial charge in [-0.15, -0.1) is 0 Å². The normalized spacial score (nSPS) is 14.3. The molecule has 4 rings (SSSR count). The van der Waals surface area contributed by atoms with E-state index < -0.39 is 0 Å². The highest BCUT2D eigenvalue weighted by Gasteiger charge is 2.26. The Labute approximate surface area is 157 Å². The Morgan fingerprint density at radius 3 is 2.63 bits per heavy atom. The van der Waals surface area contributed by atoms with Gasteiger partial charge in [0.15, 0.2) is 5.69 Å². The van der Waals surface area contributed by atoms with Crippen LogP contribution in [0.25, 0.3) is 5.52 Å². The Morgan fingerprint density at radius 2 is 1.85 bits per heavy atom. The molecule has 2 aromatic heterocycles. The average molecular weight is 362 g/mol. The molecule has 6 nitrogen and oxygen atoms in total. The maximum absolute atomic E-state index is 13.0. The van der Waals surface area contributed by atoms with Crippen LogP contribution in [0.1, 0.15) is 45.9 Å². The van der Waals surface area contributed by atoms with E-state index in [0.717, 1.165) is 37.9 Å². The highest BCUT2D eigenvalue weighted by Crippen LogP contribution is 2.19. The van der Waals surface area contributed by atoms with Crippen molar-refractivity contribution in [2.75, 3.05) is 18.4 Å². The minimum absolute atomic E-state index is 0.120. The number of piperidine rings is 1. The Balaban J connectivity index is 1.69. The molecule has 1 fully saturated rings. The lowest BCUT2D eigenvalue weighted by Crippen LogP contribution is -2.36. The first-order chi connectivity index (χ1) is 13.1. The zero-order valence-corrected chi connectivity index (χ0v) is 15.3. The van der Waals surface area contributed by atoms with Crippen molar-refractivity contribution in [2.45, 2.75) is 26.2 Å². The summed E-state index contributed by atoms with van der Waals surface area (Å²) in [4.78, 5) is 32.1. The maximum Gasteiger partial charge on any atom is 0.290 e. The Kier molecular flexibility index (Phi) is 4.62. The van der Waals surface area contributed by atoms with E-state index in [1.165, 1.54) is 0 Å². The molecule has 2 amide bonds. The number of nitrogens with zero attached hydrogens (tertiary/aromatic N) is 3. The van der Waals surface area contributed by atoms with Crippen molar-refractivity contribution in [3.63, 3.8) is 0 Å². The minimum Gasteiger partial charge on any atom is -0.336 e. The van der Waals surface area contributed by atoms with Crippen LogP contribution in [0.15, 0.2) is 48.7 Å². The van der Waals surface area contributed by atoms with Crippen LogP contribution >= 0.6 is 0 Å². The number of benzene rings is 1. The number of imidazole rings is 1. The maximum atomic E-state index is 13.0. The molecule has 1 aromatic carbocycles. The Morgan fingerprint density at radius 1 is 1.04 bits per heavy atom. The summed E-state index contributed by atoms with van der Waals surface area (Å²) in [7, 11) is 0. The fraction of sp³-hybridized carbons (Fsp3) is 0.286. The second-order valence-electron chi connectivity index (χ2n) is 6.92. The summed E-state index contributed by atoms with van der Waals surface area (Å²) in [5, 5.41) is 2.88. The molecule has 6 heteroatoms. The number of likely N-dealkylation sites (tertiary alicyclic amines) is 1. The van der Waals surface area contributed by atoms with Gasteiger partial charge in [-0.25, -0.2) is 4.98 Å². The first kappa shape index (κ1) is 17.3. The van der Waals surface area contributed by atoms with E-state index in [0.29, 0.717) is 17.0 Å². The molecule has 0 radical (unpaired) electrons. The molecule has 1 N–H and O–H groups in total. The van der Waals surface area contributed by atoms with E-state index in [1.54, 1.807) is 10.6 Å². The third-order valence-electron chi connectivity index (χ3n) is 4.87. The number of hydrogen-bond donors (Lipinski definition) is 1. The highest BCUT2D eigenvalue weighted by molar-refractivity contribution is 6.09. The van der Waals surface area contributed by atoms with Crippen LogP contribution in [0.4, 0.5) is 5.69 Å². The molecule has 3 aromatic rings. The van der Waals surface area contributed by atoms with Crippen molar-refractivity contribution in [3.05, 3.63) is 65.7 Å². The lowest BCUT2D eigenvalue weighted by atomic mass is 10.1. The highest BCUT2D eigenvalue weighted by atomic mass is 16.2. The number of amides is 2. The van der Waals surface area contributed by atoms with Crippen LogP contribution < -0.4 is 5.32 Å². The van der Waals surface area contributed by atoms with E-state index in [2.05, 4.69) is 10.3 Å².